The lowest BCUT2D eigenvalue weighted by Gasteiger charge is -2.21. The van der Waals surface area contributed by atoms with Crippen molar-refractivity contribution in [2.45, 2.75) is 13.8 Å². The number of methoxy groups -OCH3 is 1. The number of halogens is 2. The Morgan fingerprint density at radius 1 is 1.11 bits per heavy atom. The first kappa shape index (κ1) is 15.8. The Kier molecular flexibility index (Phi) is 5.25. The zero-order chi connectivity index (χ0) is 14.7. The van der Waals surface area contributed by atoms with E-state index in [-0.39, 0.29) is 11.3 Å². The number of rotatable bonds is 2. The van der Waals surface area contributed by atoms with Gasteiger partial charge in [-0.1, -0.05) is 15.9 Å². The number of esters is 1. The van der Waals surface area contributed by atoms with Crippen molar-refractivity contribution in [2.75, 3.05) is 12.0 Å². The molecule has 102 valence electrons. The molecule has 0 aliphatic heterocycles. The Morgan fingerprint density at radius 2 is 1.63 bits per heavy atom. The standard InChI is InChI=1S/C12H11Br2NO4/c1-6(16)15(7(2)17)11-9(12(18)19-3)4-8(13)5-10(11)14/h4-5H,1-3H3. The van der Waals surface area contributed by atoms with Crippen LogP contribution in [-0.2, 0) is 14.3 Å². The number of benzene rings is 1. The maximum Gasteiger partial charge on any atom is 0.340 e. The summed E-state index contributed by atoms with van der Waals surface area (Å²) in [5.41, 5.74) is 0.296. The average Bonchev–Trinajstić information content (AvgIpc) is 2.29. The van der Waals surface area contributed by atoms with Gasteiger partial charge in [-0.2, -0.15) is 0 Å². The summed E-state index contributed by atoms with van der Waals surface area (Å²) in [6.07, 6.45) is 0. The van der Waals surface area contributed by atoms with Gasteiger partial charge in [0.25, 0.3) is 0 Å². The summed E-state index contributed by atoms with van der Waals surface area (Å²) in [7, 11) is 1.23. The van der Waals surface area contributed by atoms with E-state index in [9.17, 15) is 14.4 Å². The molecule has 0 saturated carbocycles. The van der Waals surface area contributed by atoms with Gasteiger partial charge >= 0.3 is 5.97 Å². The van der Waals surface area contributed by atoms with E-state index in [1.54, 1.807) is 6.07 Å². The van der Waals surface area contributed by atoms with Gasteiger partial charge in [0.15, 0.2) is 0 Å². The molecule has 0 aromatic heterocycles. The smallest absolute Gasteiger partial charge is 0.340 e. The van der Waals surface area contributed by atoms with Crippen LogP contribution in [0, 0.1) is 0 Å². The van der Waals surface area contributed by atoms with Gasteiger partial charge < -0.3 is 4.74 Å². The summed E-state index contributed by atoms with van der Waals surface area (Å²) in [5, 5.41) is 0. The minimum atomic E-state index is -0.635. The van der Waals surface area contributed by atoms with E-state index in [1.165, 1.54) is 27.0 Å². The predicted octanol–water partition coefficient (Wildman–Crippen LogP) is 2.90. The van der Waals surface area contributed by atoms with Gasteiger partial charge in [0.1, 0.15) is 0 Å². The lowest BCUT2D eigenvalue weighted by atomic mass is 10.1. The van der Waals surface area contributed by atoms with Gasteiger partial charge in [0.2, 0.25) is 11.8 Å². The van der Waals surface area contributed by atoms with Crippen molar-refractivity contribution in [1.82, 2.24) is 0 Å². The number of ether oxygens (including phenoxy) is 1. The minimum absolute atomic E-state index is 0.120. The molecule has 1 rings (SSSR count). The fourth-order valence-electron chi connectivity index (χ4n) is 1.60. The second-order valence-corrected chi connectivity index (χ2v) is 5.42. The highest BCUT2D eigenvalue weighted by Gasteiger charge is 2.26. The molecule has 0 bridgehead atoms. The number of anilines is 1. The van der Waals surface area contributed by atoms with E-state index in [0.29, 0.717) is 8.95 Å². The molecule has 2 amide bonds. The first-order valence-corrected chi connectivity index (χ1v) is 6.76. The largest absolute Gasteiger partial charge is 0.465 e. The molecule has 1 aromatic rings. The first-order valence-electron chi connectivity index (χ1n) is 5.18. The van der Waals surface area contributed by atoms with E-state index in [0.717, 1.165) is 4.90 Å². The number of imide groups is 1. The predicted molar refractivity (Wildman–Crippen MR) is 77.0 cm³/mol. The van der Waals surface area contributed by atoms with Crippen molar-refractivity contribution in [3.8, 4) is 0 Å². The molecule has 7 heteroatoms. The van der Waals surface area contributed by atoms with Crippen molar-refractivity contribution in [2.24, 2.45) is 0 Å². The van der Waals surface area contributed by atoms with Crippen LogP contribution in [0.1, 0.15) is 24.2 Å². The van der Waals surface area contributed by atoms with Crippen molar-refractivity contribution in [3.05, 3.63) is 26.6 Å². The van der Waals surface area contributed by atoms with E-state index in [1.807, 2.05) is 0 Å². The van der Waals surface area contributed by atoms with Crippen LogP contribution in [0.15, 0.2) is 21.1 Å². The van der Waals surface area contributed by atoms with Gasteiger partial charge in [-0.3, -0.25) is 9.59 Å². The van der Waals surface area contributed by atoms with Crippen LogP contribution in [0.3, 0.4) is 0 Å². The highest BCUT2D eigenvalue weighted by Crippen LogP contribution is 2.34. The quantitative estimate of drug-likeness (QED) is 0.726. The maximum absolute atomic E-state index is 11.8. The number of nitrogens with zero attached hydrogens (tertiary/aromatic N) is 1. The highest BCUT2D eigenvalue weighted by molar-refractivity contribution is 9.11. The van der Waals surface area contributed by atoms with Crippen LogP contribution in [0.25, 0.3) is 0 Å². The summed E-state index contributed by atoms with van der Waals surface area (Å²) in [6.45, 7) is 2.49. The zero-order valence-electron chi connectivity index (χ0n) is 10.5. The van der Waals surface area contributed by atoms with Crippen molar-refractivity contribution in [3.63, 3.8) is 0 Å². The number of carbonyl (C=O) groups excluding carboxylic acids is 3. The Labute approximate surface area is 127 Å². The fraction of sp³-hybridized carbons (Fsp3) is 0.250. The third-order valence-corrected chi connectivity index (χ3v) is 3.35. The molecule has 0 radical (unpaired) electrons. The molecule has 0 unspecified atom stereocenters. The van der Waals surface area contributed by atoms with Crippen LogP contribution < -0.4 is 4.90 Å². The normalized spacial score (nSPS) is 9.95. The molecule has 0 atom stereocenters. The van der Waals surface area contributed by atoms with E-state index < -0.39 is 17.8 Å². The lowest BCUT2D eigenvalue weighted by molar-refractivity contribution is -0.124. The summed E-state index contributed by atoms with van der Waals surface area (Å²) < 4.78 is 5.73. The molecule has 0 aliphatic rings. The van der Waals surface area contributed by atoms with Gasteiger partial charge in [-0.25, -0.2) is 9.69 Å². The Morgan fingerprint density at radius 3 is 2.05 bits per heavy atom. The summed E-state index contributed by atoms with van der Waals surface area (Å²) in [4.78, 5) is 35.9. The summed E-state index contributed by atoms with van der Waals surface area (Å²) in [6, 6.07) is 3.13. The lowest BCUT2D eigenvalue weighted by Crippen LogP contribution is -2.34. The molecular formula is C12H11Br2NO4. The van der Waals surface area contributed by atoms with Gasteiger partial charge in [0.05, 0.1) is 18.4 Å². The third-order valence-electron chi connectivity index (χ3n) is 2.29. The van der Waals surface area contributed by atoms with Crippen LogP contribution in [-0.4, -0.2) is 24.9 Å². The summed E-state index contributed by atoms with van der Waals surface area (Å²) in [5.74, 6) is -1.61. The topological polar surface area (TPSA) is 63.7 Å². The monoisotopic (exact) mass is 391 g/mol. The molecular weight excluding hydrogens is 382 g/mol. The van der Waals surface area contributed by atoms with Crippen LogP contribution in [0.5, 0.6) is 0 Å². The number of hydrogen-bond donors (Lipinski definition) is 0. The molecule has 1 aromatic carbocycles. The van der Waals surface area contributed by atoms with Crippen molar-refractivity contribution < 1.29 is 19.1 Å². The molecule has 0 heterocycles. The number of amides is 2. The second kappa shape index (κ2) is 6.29. The Bertz CT molecular complexity index is 543. The molecule has 0 fully saturated rings. The molecule has 0 N–H and O–H groups in total. The Hall–Kier alpha value is -1.21. The van der Waals surface area contributed by atoms with Crippen LogP contribution >= 0.6 is 31.9 Å². The van der Waals surface area contributed by atoms with Crippen LogP contribution in [0.2, 0.25) is 0 Å². The molecule has 0 spiro atoms. The van der Waals surface area contributed by atoms with E-state index in [2.05, 4.69) is 36.6 Å². The number of hydrogen-bond acceptors (Lipinski definition) is 4. The van der Waals surface area contributed by atoms with Gasteiger partial charge in [0, 0.05) is 22.8 Å². The first-order chi connectivity index (χ1) is 8.79. The molecule has 0 aliphatic carbocycles. The van der Waals surface area contributed by atoms with Crippen molar-refractivity contribution in [1.29, 1.82) is 0 Å². The SMILES string of the molecule is COC(=O)c1cc(Br)cc(Br)c1N(C(C)=O)C(C)=O. The van der Waals surface area contributed by atoms with E-state index in [4.69, 9.17) is 0 Å². The number of carbonyl (C=O) groups is 3. The minimum Gasteiger partial charge on any atom is -0.465 e. The maximum atomic E-state index is 11.8. The zero-order valence-corrected chi connectivity index (χ0v) is 13.7. The van der Waals surface area contributed by atoms with Gasteiger partial charge in [-0.05, 0) is 28.1 Å². The van der Waals surface area contributed by atoms with Crippen molar-refractivity contribution >= 4 is 55.3 Å². The Balaban J connectivity index is 3.60. The summed E-state index contributed by atoms with van der Waals surface area (Å²) >= 11 is 6.49. The van der Waals surface area contributed by atoms with Gasteiger partial charge in [-0.15, -0.1) is 0 Å². The highest BCUT2D eigenvalue weighted by atomic mass is 79.9. The van der Waals surface area contributed by atoms with Crippen LogP contribution in [0.4, 0.5) is 5.69 Å². The molecule has 0 saturated heterocycles. The fourth-order valence-corrected chi connectivity index (χ4v) is 3.00. The average molecular weight is 393 g/mol. The second-order valence-electron chi connectivity index (χ2n) is 3.65. The van der Waals surface area contributed by atoms with E-state index >= 15 is 0 Å². The molecule has 19 heavy (non-hydrogen) atoms. The third kappa shape index (κ3) is 3.42. The molecule has 5 nitrogen and oxygen atoms in total.